The molecule has 3 amide bonds. The number of halogens is 1. The van der Waals surface area contributed by atoms with E-state index in [4.69, 9.17) is 5.11 Å². The van der Waals surface area contributed by atoms with Crippen LogP contribution in [-0.2, 0) is 6.54 Å². The van der Waals surface area contributed by atoms with Gasteiger partial charge in [0.25, 0.3) is 0 Å². The van der Waals surface area contributed by atoms with Crippen molar-refractivity contribution in [1.29, 1.82) is 0 Å². The fourth-order valence-corrected chi connectivity index (χ4v) is 3.70. The molecule has 3 heterocycles. The summed E-state index contributed by atoms with van der Waals surface area (Å²) >= 11 is 0. The SMILES string of the molecule is O=C(NCc1ccn2ccnc2c1)Nc1ccc(C2CCN(C(=O)O)CC2)cc1F. The van der Waals surface area contributed by atoms with Gasteiger partial charge in [-0.1, -0.05) is 6.07 Å². The first-order valence-corrected chi connectivity index (χ1v) is 9.73. The average molecular weight is 411 g/mol. The number of amides is 3. The lowest BCUT2D eigenvalue weighted by atomic mass is 9.89. The first-order chi connectivity index (χ1) is 14.5. The number of carbonyl (C=O) groups excluding carboxylic acids is 1. The van der Waals surface area contributed by atoms with Gasteiger partial charge in [0.2, 0.25) is 0 Å². The summed E-state index contributed by atoms with van der Waals surface area (Å²) in [7, 11) is 0. The fourth-order valence-electron chi connectivity index (χ4n) is 3.70. The first kappa shape index (κ1) is 19.7. The number of rotatable bonds is 4. The van der Waals surface area contributed by atoms with E-state index in [9.17, 15) is 14.0 Å². The zero-order valence-electron chi connectivity index (χ0n) is 16.2. The Kier molecular flexibility index (Phi) is 5.51. The highest BCUT2D eigenvalue weighted by atomic mass is 19.1. The Labute approximate surface area is 172 Å². The Morgan fingerprint density at radius 3 is 2.70 bits per heavy atom. The number of hydrogen-bond donors (Lipinski definition) is 3. The maximum Gasteiger partial charge on any atom is 0.407 e. The van der Waals surface area contributed by atoms with E-state index >= 15 is 0 Å². The number of piperidine rings is 1. The van der Waals surface area contributed by atoms with E-state index in [2.05, 4.69) is 15.6 Å². The Bertz CT molecular complexity index is 1080. The molecule has 0 aliphatic carbocycles. The number of nitrogens with one attached hydrogen (secondary N) is 2. The average Bonchev–Trinajstić information content (AvgIpc) is 3.21. The zero-order chi connectivity index (χ0) is 21.1. The van der Waals surface area contributed by atoms with Crippen LogP contribution >= 0.6 is 0 Å². The van der Waals surface area contributed by atoms with Crippen LogP contribution in [0.15, 0.2) is 48.9 Å². The molecule has 0 atom stereocenters. The van der Waals surface area contributed by atoms with Crippen LogP contribution in [0.1, 0.15) is 29.9 Å². The predicted molar refractivity (Wildman–Crippen MR) is 109 cm³/mol. The van der Waals surface area contributed by atoms with Crippen LogP contribution in [0.4, 0.5) is 19.7 Å². The number of pyridine rings is 1. The van der Waals surface area contributed by atoms with Crippen LogP contribution in [0.25, 0.3) is 5.65 Å². The van der Waals surface area contributed by atoms with Crippen LogP contribution in [0.5, 0.6) is 0 Å². The van der Waals surface area contributed by atoms with Gasteiger partial charge in [0.15, 0.2) is 0 Å². The minimum absolute atomic E-state index is 0.0999. The van der Waals surface area contributed by atoms with E-state index in [0.29, 0.717) is 25.9 Å². The van der Waals surface area contributed by atoms with Gasteiger partial charge in [-0.2, -0.15) is 0 Å². The van der Waals surface area contributed by atoms with Gasteiger partial charge in [0.05, 0.1) is 5.69 Å². The highest BCUT2D eigenvalue weighted by Crippen LogP contribution is 2.30. The topological polar surface area (TPSA) is 99.0 Å². The molecule has 8 nitrogen and oxygen atoms in total. The van der Waals surface area contributed by atoms with E-state index in [1.54, 1.807) is 18.3 Å². The van der Waals surface area contributed by atoms with Crippen LogP contribution < -0.4 is 10.6 Å². The molecule has 1 saturated heterocycles. The molecular weight excluding hydrogens is 389 g/mol. The van der Waals surface area contributed by atoms with Crippen molar-refractivity contribution < 1.29 is 19.1 Å². The summed E-state index contributed by atoms with van der Waals surface area (Å²) in [4.78, 5) is 28.7. The van der Waals surface area contributed by atoms with E-state index in [-0.39, 0.29) is 18.2 Å². The minimum Gasteiger partial charge on any atom is -0.465 e. The Morgan fingerprint density at radius 2 is 1.97 bits per heavy atom. The predicted octanol–water partition coefficient (Wildman–Crippen LogP) is 3.65. The highest BCUT2D eigenvalue weighted by Gasteiger charge is 2.24. The lowest BCUT2D eigenvalue weighted by Gasteiger charge is -2.30. The molecule has 1 aliphatic rings. The molecule has 0 saturated carbocycles. The minimum atomic E-state index is -0.921. The summed E-state index contributed by atoms with van der Waals surface area (Å²) in [5.74, 6) is -0.405. The molecule has 4 rings (SSSR count). The number of carbonyl (C=O) groups is 2. The monoisotopic (exact) mass is 411 g/mol. The number of imidazole rings is 1. The van der Waals surface area contributed by atoms with Gasteiger partial charge in [-0.05, 0) is 54.2 Å². The molecule has 0 spiro atoms. The van der Waals surface area contributed by atoms with Crippen molar-refractivity contribution in [3.63, 3.8) is 0 Å². The molecular formula is C21H22FN5O3. The Hall–Kier alpha value is -3.62. The Morgan fingerprint density at radius 1 is 1.17 bits per heavy atom. The van der Waals surface area contributed by atoms with Crippen LogP contribution in [0.3, 0.4) is 0 Å². The molecule has 3 N–H and O–H groups in total. The summed E-state index contributed by atoms with van der Waals surface area (Å²) in [5.41, 5.74) is 2.58. The maximum atomic E-state index is 14.5. The second-order valence-corrected chi connectivity index (χ2v) is 7.32. The molecule has 0 radical (unpaired) electrons. The number of carboxylic acid groups (broad SMARTS) is 1. The van der Waals surface area contributed by atoms with Crippen LogP contribution in [-0.4, -0.2) is 44.6 Å². The van der Waals surface area contributed by atoms with Crippen molar-refractivity contribution in [2.24, 2.45) is 0 Å². The quantitative estimate of drug-likeness (QED) is 0.610. The van der Waals surface area contributed by atoms with Crippen molar-refractivity contribution >= 4 is 23.5 Å². The molecule has 0 bridgehead atoms. The molecule has 1 fully saturated rings. The summed E-state index contributed by atoms with van der Waals surface area (Å²) in [6.07, 6.45) is 5.77. The molecule has 2 aromatic heterocycles. The molecule has 1 aromatic carbocycles. The lowest BCUT2D eigenvalue weighted by Crippen LogP contribution is -2.36. The largest absolute Gasteiger partial charge is 0.465 e. The van der Waals surface area contributed by atoms with Crippen molar-refractivity contribution in [1.82, 2.24) is 19.6 Å². The second kappa shape index (κ2) is 8.40. The van der Waals surface area contributed by atoms with E-state index < -0.39 is 17.9 Å². The number of fused-ring (bicyclic) bond motifs is 1. The van der Waals surface area contributed by atoms with Gasteiger partial charge in [-0.25, -0.2) is 19.0 Å². The molecule has 0 unspecified atom stereocenters. The van der Waals surface area contributed by atoms with E-state index in [1.807, 2.05) is 28.9 Å². The third kappa shape index (κ3) is 4.35. The van der Waals surface area contributed by atoms with Crippen LogP contribution in [0, 0.1) is 5.82 Å². The standard InChI is InChI=1S/C21H22FN5O3/c22-17-12-16(15-4-8-27(9-5-15)21(29)30)1-2-18(17)25-20(28)24-13-14-3-7-26-10-6-23-19(26)11-14/h1-3,6-7,10-12,15H,4-5,8-9,13H2,(H,29,30)(H2,24,25,28). The molecule has 156 valence electrons. The zero-order valence-corrected chi connectivity index (χ0v) is 16.2. The second-order valence-electron chi connectivity index (χ2n) is 7.32. The van der Waals surface area contributed by atoms with Gasteiger partial charge < -0.3 is 25.0 Å². The summed E-state index contributed by atoms with van der Waals surface area (Å²) in [5, 5.41) is 14.3. The van der Waals surface area contributed by atoms with E-state index in [0.717, 1.165) is 16.8 Å². The van der Waals surface area contributed by atoms with Crippen molar-refractivity contribution in [3.05, 3.63) is 65.9 Å². The summed E-state index contributed by atoms with van der Waals surface area (Å²) < 4.78 is 16.4. The highest BCUT2D eigenvalue weighted by molar-refractivity contribution is 5.89. The van der Waals surface area contributed by atoms with Gasteiger partial charge in [0.1, 0.15) is 11.5 Å². The number of nitrogens with zero attached hydrogens (tertiary/aromatic N) is 3. The first-order valence-electron chi connectivity index (χ1n) is 9.73. The summed E-state index contributed by atoms with van der Waals surface area (Å²) in [6, 6.07) is 7.99. The number of hydrogen-bond acceptors (Lipinski definition) is 3. The third-order valence-corrected chi connectivity index (χ3v) is 5.39. The number of anilines is 1. The Balaban J connectivity index is 1.33. The van der Waals surface area contributed by atoms with Gasteiger partial charge in [-0.3, -0.25) is 0 Å². The number of likely N-dealkylation sites (tertiary alicyclic amines) is 1. The van der Waals surface area contributed by atoms with Gasteiger partial charge >= 0.3 is 12.1 Å². The smallest absolute Gasteiger partial charge is 0.407 e. The summed E-state index contributed by atoms with van der Waals surface area (Å²) in [6.45, 7) is 1.17. The van der Waals surface area contributed by atoms with Crippen LogP contribution in [0.2, 0.25) is 0 Å². The van der Waals surface area contributed by atoms with E-state index in [1.165, 1.54) is 11.0 Å². The fraction of sp³-hybridized carbons (Fsp3) is 0.286. The normalized spacial score (nSPS) is 14.6. The molecule has 30 heavy (non-hydrogen) atoms. The molecule has 9 heteroatoms. The van der Waals surface area contributed by atoms with Gasteiger partial charge in [-0.15, -0.1) is 0 Å². The van der Waals surface area contributed by atoms with Crippen molar-refractivity contribution in [2.45, 2.75) is 25.3 Å². The number of urea groups is 1. The maximum absolute atomic E-state index is 14.5. The lowest BCUT2D eigenvalue weighted by molar-refractivity contribution is 0.132. The van der Waals surface area contributed by atoms with Crippen molar-refractivity contribution in [2.75, 3.05) is 18.4 Å². The number of aromatic nitrogens is 2. The number of benzene rings is 1. The third-order valence-electron chi connectivity index (χ3n) is 5.39. The molecule has 1 aliphatic heterocycles. The van der Waals surface area contributed by atoms with Crippen molar-refractivity contribution in [3.8, 4) is 0 Å². The molecule has 3 aromatic rings. The van der Waals surface area contributed by atoms with Gasteiger partial charge in [0, 0.05) is 38.2 Å².